The molecule has 0 aromatic carbocycles. The van der Waals surface area contributed by atoms with Crippen LogP contribution in [0.4, 0.5) is 5.69 Å². The van der Waals surface area contributed by atoms with Crippen LogP contribution in [0.15, 0.2) is 11.2 Å². The minimum atomic E-state index is 0.0673. The highest BCUT2D eigenvalue weighted by Crippen LogP contribution is 2.16. The van der Waals surface area contributed by atoms with Gasteiger partial charge in [0.1, 0.15) is 5.69 Å². The molecule has 0 saturated carbocycles. The maximum absolute atomic E-state index is 5.25. The molecule has 0 radical (unpaired) electrons. The molecule has 0 aliphatic heterocycles. The van der Waals surface area contributed by atoms with E-state index >= 15 is 0 Å². The SMILES string of the molecule is CCc1nn(C)cc1N=C(N)N. The lowest BCUT2D eigenvalue weighted by Crippen LogP contribution is -2.21. The van der Waals surface area contributed by atoms with Gasteiger partial charge in [0.25, 0.3) is 0 Å². The molecule has 4 N–H and O–H groups in total. The molecule has 1 aromatic heterocycles. The molecule has 66 valence electrons. The summed E-state index contributed by atoms with van der Waals surface area (Å²) in [5, 5.41) is 4.18. The van der Waals surface area contributed by atoms with E-state index in [-0.39, 0.29) is 5.96 Å². The zero-order chi connectivity index (χ0) is 9.14. The highest BCUT2D eigenvalue weighted by molar-refractivity contribution is 5.79. The number of nitrogens with two attached hydrogens (primary N) is 2. The van der Waals surface area contributed by atoms with E-state index in [0.29, 0.717) is 0 Å². The van der Waals surface area contributed by atoms with Gasteiger partial charge in [-0.05, 0) is 6.42 Å². The molecule has 0 fully saturated rings. The van der Waals surface area contributed by atoms with E-state index in [1.54, 1.807) is 10.9 Å². The fourth-order valence-corrected chi connectivity index (χ4v) is 1.01. The molecule has 1 aromatic rings. The lowest BCUT2D eigenvalue weighted by Gasteiger charge is -1.91. The summed E-state index contributed by atoms with van der Waals surface area (Å²) in [5.41, 5.74) is 12.2. The molecule has 1 heterocycles. The number of hydrogen-bond acceptors (Lipinski definition) is 2. The predicted molar refractivity (Wildman–Crippen MR) is 48.1 cm³/mol. The van der Waals surface area contributed by atoms with Gasteiger partial charge in [-0.25, -0.2) is 4.99 Å². The molecule has 0 amide bonds. The number of guanidine groups is 1. The Bertz CT molecular complexity index is 295. The van der Waals surface area contributed by atoms with Crippen molar-refractivity contribution in [2.45, 2.75) is 13.3 Å². The first-order valence-electron chi connectivity index (χ1n) is 3.75. The van der Waals surface area contributed by atoms with E-state index in [9.17, 15) is 0 Å². The predicted octanol–water partition coefficient (Wildman–Crippen LogP) is -0.113. The molecule has 0 bridgehead atoms. The third-order valence-corrected chi connectivity index (χ3v) is 1.47. The Morgan fingerprint density at radius 2 is 2.33 bits per heavy atom. The summed E-state index contributed by atoms with van der Waals surface area (Å²) < 4.78 is 1.70. The van der Waals surface area contributed by atoms with Crippen molar-refractivity contribution in [3.05, 3.63) is 11.9 Å². The molecular weight excluding hydrogens is 154 g/mol. The van der Waals surface area contributed by atoms with Gasteiger partial charge in [0.2, 0.25) is 0 Å². The summed E-state index contributed by atoms with van der Waals surface area (Å²) >= 11 is 0. The summed E-state index contributed by atoms with van der Waals surface area (Å²) in [4.78, 5) is 3.94. The Hall–Kier alpha value is -1.52. The van der Waals surface area contributed by atoms with Crippen molar-refractivity contribution in [3.63, 3.8) is 0 Å². The van der Waals surface area contributed by atoms with Crippen LogP contribution in [0.5, 0.6) is 0 Å². The average molecular weight is 167 g/mol. The van der Waals surface area contributed by atoms with Crippen LogP contribution in [0.25, 0.3) is 0 Å². The van der Waals surface area contributed by atoms with Crippen molar-refractivity contribution >= 4 is 11.6 Å². The van der Waals surface area contributed by atoms with Crippen molar-refractivity contribution in [1.29, 1.82) is 0 Å². The van der Waals surface area contributed by atoms with Crippen LogP contribution in [0, 0.1) is 0 Å². The highest BCUT2D eigenvalue weighted by Gasteiger charge is 2.03. The third kappa shape index (κ3) is 1.75. The molecular formula is C7H13N5. The second-order valence-electron chi connectivity index (χ2n) is 2.52. The smallest absolute Gasteiger partial charge is 0.191 e. The Balaban J connectivity index is 3.05. The van der Waals surface area contributed by atoms with Gasteiger partial charge in [-0.3, -0.25) is 4.68 Å². The summed E-state index contributed by atoms with van der Waals surface area (Å²) in [6.07, 6.45) is 2.62. The minimum Gasteiger partial charge on any atom is -0.370 e. The fourth-order valence-electron chi connectivity index (χ4n) is 1.01. The molecule has 0 unspecified atom stereocenters. The Kier molecular flexibility index (Phi) is 2.32. The first-order valence-corrected chi connectivity index (χ1v) is 3.75. The summed E-state index contributed by atoms with van der Waals surface area (Å²) in [6.45, 7) is 2.01. The van der Waals surface area contributed by atoms with Gasteiger partial charge in [0.15, 0.2) is 5.96 Å². The lowest BCUT2D eigenvalue weighted by molar-refractivity contribution is 0.746. The summed E-state index contributed by atoms with van der Waals surface area (Å²) in [6, 6.07) is 0. The van der Waals surface area contributed by atoms with Gasteiger partial charge in [-0.2, -0.15) is 5.10 Å². The monoisotopic (exact) mass is 167 g/mol. The minimum absolute atomic E-state index is 0.0673. The molecule has 0 atom stereocenters. The Morgan fingerprint density at radius 1 is 1.67 bits per heavy atom. The van der Waals surface area contributed by atoms with Crippen LogP contribution < -0.4 is 11.5 Å². The summed E-state index contributed by atoms with van der Waals surface area (Å²) in [7, 11) is 1.84. The second kappa shape index (κ2) is 3.25. The van der Waals surface area contributed by atoms with Crippen LogP contribution in [-0.2, 0) is 13.5 Å². The number of nitrogens with zero attached hydrogens (tertiary/aromatic N) is 3. The topological polar surface area (TPSA) is 82.2 Å². The van der Waals surface area contributed by atoms with Crippen LogP contribution in [-0.4, -0.2) is 15.7 Å². The van der Waals surface area contributed by atoms with Gasteiger partial charge in [0, 0.05) is 7.05 Å². The molecule has 0 saturated heterocycles. The highest BCUT2D eigenvalue weighted by atomic mass is 15.3. The van der Waals surface area contributed by atoms with Crippen LogP contribution >= 0.6 is 0 Å². The van der Waals surface area contributed by atoms with Crippen LogP contribution in [0.3, 0.4) is 0 Å². The van der Waals surface area contributed by atoms with Gasteiger partial charge in [-0.1, -0.05) is 6.92 Å². The average Bonchev–Trinajstić information content (AvgIpc) is 2.29. The number of aliphatic imine (C=N–C) groups is 1. The van der Waals surface area contributed by atoms with E-state index in [1.165, 1.54) is 0 Å². The van der Waals surface area contributed by atoms with Gasteiger partial charge in [-0.15, -0.1) is 0 Å². The zero-order valence-electron chi connectivity index (χ0n) is 7.28. The first-order chi connectivity index (χ1) is 5.63. The summed E-state index contributed by atoms with van der Waals surface area (Å²) in [5.74, 6) is 0.0673. The standard InChI is InChI=1S/C7H13N5/c1-3-5-6(10-7(8)9)4-12(2)11-5/h4H,3H2,1-2H3,(H4,8,9,10). The van der Waals surface area contributed by atoms with E-state index in [2.05, 4.69) is 10.1 Å². The number of aromatic nitrogens is 2. The molecule has 1 rings (SSSR count). The van der Waals surface area contributed by atoms with Crippen LogP contribution in [0.1, 0.15) is 12.6 Å². The Morgan fingerprint density at radius 3 is 2.83 bits per heavy atom. The largest absolute Gasteiger partial charge is 0.370 e. The van der Waals surface area contributed by atoms with Crippen molar-refractivity contribution in [3.8, 4) is 0 Å². The van der Waals surface area contributed by atoms with Crippen molar-refractivity contribution in [1.82, 2.24) is 9.78 Å². The fraction of sp³-hybridized carbons (Fsp3) is 0.429. The van der Waals surface area contributed by atoms with Gasteiger partial charge >= 0.3 is 0 Å². The molecule has 5 heteroatoms. The molecule has 0 aliphatic rings. The van der Waals surface area contributed by atoms with E-state index in [0.717, 1.165) is 17.8 Å². The molecule has 0 spiro atoms. The normalized spacial score (nSPS) is 9.83. The number of aryl methyl sites for hydroxylation is 2. The maximum Gasteiger partial charge on any atom is 0.191 e. The second-order valence-corrected chi connectivity index (χ2v) is 2.52. The van der Waals surface area contributed by atoms with E-state index in [1.807, 2.05) is 14.0 Å². The Labute approximate surface area is 71.1 Å². The van der Waals surface area contributed by atoms with Gasteiger partial charge in [0.05, 0.1) is 11.9 Å². The van der Waals surface area contributed by atoms with Gasteiger partial charge < -0.3 is 11.5 Å². The van der Waals surface area contributed by atoms with Crippen molar-refractivity contribution < 1.29 is 0 Å². The van der Waals surface area contributed by atoms with Crippen molar-refractivity contribution in [2.75, 3.05) is 0 Å². The molecule has 0 aliphatic carbocycles. The number of hydrogen-bond donors (Lipinski definition) is 2. The van der Waals surface area contributed by atoms with E-state index in [4.69, 9.17) is 11.5 Å². The quantitative estimate of drug-likeness (QED) is 0.476. The number of rotatable bonds is 2. The maximum atomic E-state index is 5.25. The molecule has 5 nitrogen and oxygen atoms in total. The van der Waals surface area contributed by atoms with E-state index < -0.39 is 0 Å². The molecule has 12 heavy (non-hydrogen) atoms. The zero-order valence-corrected chi connectivity index (χ0v) is 7.28. The van der Waals surface area contributed by atoms with Crippen LogP contribution in [0.2, 0.25) is 0 Å². The first kappa shape index (κ1) is 8.58. The lowest BCUT2D eigenvalue weighted by atomic mass is 10.3. The third-order valence-electron chi connectivity index (χ3n) is 1.47. The van der Waals surface area contributed by atoms with Crippen molar-refractivity contribution in [2.24, 2.45) is 23.5 Å².